The van der Waals surface area contributed by atoms with Gasteiger partial charge in [-0.25, -0.2) is 24.6 Å². The summed E-state index contributed by atoms with van der Waals surface area (Å²) in [5.41, 5.74) is 2.34. The van der Waals surface area contributed by atoms with Gasteiger partial charge in [0.25, 0.3) is 5.88 Å². The first-order chi connectivity index (χ1) is 23.6. The molecule has 48 heavy (non-hydrogen) atoms. The highest BCUT2D eigenvalue weighted by Gasteiger charge is 2.29. The zero-order valence-corrected chi connectivity index (χ0v) is 27.4. The highest BCUT2D eigenvalue weighted by atomic mass is 35.5. The molecule has 0 spiro atoms. The van der Waals surface area contributed by atoms with E-state index >= 15 is 0 Å². The second-order valence-electron chi connectivity index (χ2n) is 11.9. The molecule has 1 aliphatic heterocycles. The summed E-state index contributed by atoms with van der Waals surface area (Å²) in [7, 11) is 0. The molecule has 5 aromatic rings. The molecule has 250 valence electrons. The minimum Gasteiger partial charge on any atom is -0.487 e. The molecule has 1 saturated carbocycles. The quantitative estimate of drug-likeness (QED) is 0.199. The molecule has 2 fully saturated rings. The van der Waals surface area contributed by atoms with Crippen LogP contribution in [0.1, 0.15) is 44.5 Å². The number of anilines is 2. The Morgan fingerprint density at radius 3 is 2.52 bits per heavy atom. The maximum absolute atomic E-state index is 6.46. The number of hydrogen-bond acceptors (Lipinski definition) is 13. The number of aromatic nitrogens is 10. The summed E-state index contributed by atoms with van der Waals surface area (Å²) < 4.78 is 21.4. The van der Waals surface area contributed by atoms with E-state index in [4.69, 9.17) is 30.9 Å². The van der Waals surface area contributed by atoms with E-state index in [-0.39, 0.29) is 18.8 Å². The molecule has 16 heteroatoms. The standard InChI is InChI=1S/C32H37ClN12O3/c1-22(18-44-21-38-41-42-44)48-29-15-23(3-8-27(29)33)24-16-36-32(37-17-24)39-28-19-45(40-31(28)47-20-30-34-9-2-10-35-30)26-6-4-25(5-7-26)43-11-13-46-14-12-43/h2-3,8-10,15-17,19,21-22,25-26H,4-7,11-14,18,20H2,1H3,(H,36,37,39)/t22-,25-,26-/m0/s1. The average Bonchev–Trinajstić information content (AvgIpc) is 3.79. The van der Waals surface area contributed by atoms with Crippen molar-refractivity contribution < 1.29 is 14.2 Å². The number of tetrazole rings is 1. The summed E-state index contributed by atoms with van der Waals surface area (Å²) in [6, 6.07) is 8.22. The summed E-state index contributed by atoms with van der Waals surface area (Å²) in [5.74, 6) is 1.98. The normalized spacial score (nSPS) is 19.1. The molecular formula is C32H37ClN12O3. The molecule has 0 amide bonds. The van der Waals surface area contributed by atoms with Crippen molar-refractivity contribution in [2.45, 2.75) is 63.9 Å². The first kappa shape index (κ1) is 31.8. The van der Waals surface area contributed by atoms with Gasteiger partial charge in [-0.15, -0.1) is 10.2 Å². The molecule has 2 aliphatic rings. The topological polar surface area (TPSA) is 156 Å². The molecule has 1 aliphatic carbocycles. The van der Waals surface area contributed by atoms with Crippen molar-refractivity contribution in [1.29, 1.82) is 0 Å². The lowest BCUT2D eigenvalue weighted by atomic mass is 9.90. The Kier molecular flexibility index (Phi) is 9.96. The van der Waals surface area contributed by atoms with Crippen LogP contribution in [0.25, 0.3) is 11.1 Å². The van der Waals surface area contributed by atoms with Crippen molar-refractivity contribution in [3.63, 3.8) is 0 Å². The Hall–Kier alpha value is -4.73. The van der Waals surface area contributed by atoms with Crippen LogP contribution in [0.3, 0.4) is 0 Å². The Bertz CT molecular complexity index is 1740. The molecule has 0 unspecified atom stereocenters. The highest BCUT2D eigenvalue weighted by Crippen LogP contribution is 2.35. The van der Waals surface area contributed by atoms with Crippen molar-refractivity contribution in [2.24, 2.45) is 0 Å². The first-order valence-corrected chi connectivity index (χ1v) is 16.5. The third kappa shape index (κ3) is 7.86. The van der Waals surface area contributed by atoms with Crippen molar-refractivity contribution in [2.75, 3.05) is 31.6 Å². The van der Waals surface area contributed by atoms with Crippen LogP contribution in [0.2, 0.25) is 5.02 Å². The Balaban J connectivity index is 1.04. The van der Waals surface area contributed by atoms with Gasteiger partial charge in [0.2, 0.25) is 5.95 Å². The number of rotatable bonds is 12. The van der Waals surface area contributed by atoms with E-state index in [1.165, 1.54) is 0 Å². The van der Waals surface area contributed by atoms with Crippen LogP contribution >= 0.6 is 11.6 Å². The van der Waals surface area contributed by atoms with Gasteiger partial charge in [-0.2, -0.15) is 0 Å². The fourth-order valence-electron chi connectivity index (χ4n) is 6.14. The average molecular weight is 673 g/mol. The molecule has 0 radical (unpaired) electrons. The monoisotopic (exact) mass is 672 g/mol. The predicted octanol–water partition coefficient (Wildman–Crippen LogP) is 4.38. The Labute approximate surface area is 282 Å². The second-order valence-corrected chi connectivity index (χ2v) is 12.3. The van der Waals surface area contributed by atoms with Crippen LogP contribution < -0.4 is 14.8 Å². The summed E-state index contributed by atoms with van der Waals surface area (Å²) >= 11 is 6.46. The number of hydrogen-bond donors (Lipinski definition) is 1. The van der Waals surface area contributed by atoms with Crippen molar-refractivity contribution >= 4 is 23.2 Å². The molecule has 1 saturated heterocycles. The maximum atomic E-state index is 6.46. The lowest BCUT2D eigenvalue weighted by molar-refractivity contribution is 0.00502. The third-order valence-corrected chi connectivity index (χ3v) is 8.90. The Morgan fingerprint density at radius 2 is 1.77 bits per heavy atom. The zero-order valence-electron chi connectivity index (χ0n) is 26.6. The van der Waals surface area contributed by atoms with E-state index in [1.54, 1.807) is 47.9 Å². The number of halogens is 1. The van der Waals surface area contributed by atoms with Gasteiger partial charge >= 0.3 is 0 Å². The summed E-state index contributed by atoms with van der Waals surface area (Å²) in [4.78, 5) is 20.3. The lowest BCUT2D eigenvalue weighted by Crippen LogP contribution is -2.45. The number of morpholine rings is 1. The highest BCUT2D eigenvalue weighted by molar-refractivity contribution is 6.32. The van der Waals surface area contributed by atoms with Gasteiger partial charge in [0, 0.05) is 49.5 Å². The molecule has 4 aromatic heterocycles. The molecule has 7 rings (SSSR count). The van der Waals surface area contributed by atoms with Gasteiger partial charge in [-0.05, 0) is 66.8 Å². The third-order valence-electron chi connectivity index (χ3n) is 8.58. The number of nitrogens with zero attached hydrogens (tertiary/aromatic N) is 11. The number of ether oxygens (including phenoxy) is 3. The summed E-state index contributed by atoms with van der Waals surface area (Å²) in [6.07, 6.45) is 14.5. The fourth-order valence-corrected chi connectivity index (χ4v) is 6.30. The maximum Gasteiger partial charge on any atom is 0.257 e. The van der Waals surface area contributed by atoms with Gasteiger partial charge in [0.05, 0.1) is 37.0 Å². The minimum atomic E-state index is -0.213. The van der Waals surface area contributed by atoms with Crippen LogP contribution in [-0.2, 0) is 17.9 Å². The van der Waals surface area contributed by atoms with Crippen molar-refractivity contribution in [3.8, 4) is 22.8 Å². The van der Waals surface area contributed by atoms with E-state index in [9.17, 15) is 0 Å². The van der Waals surface area contributed by atoms with Gasteiger partial charge in [0.1, 0.15) is 30.5 Å². The second kappa shape index (κ2) is 15.0. The molecule has 5 heterocycles. The van der Waals surface area contributed by atoms with Crippen molar-refractivity contribution in [1.82, 2.24) is 54.8 Å². The van der Waals surface area contributed by atoms with Gasteiger partial charge < -0.3 is 19.5 Å². The van der Waals surface area contributed by atoms with E-state index in [0.29, 0.717) is 46.7 Å². The molecule has 1 aromatic carbocycles. The first-order valence-electron chi connectivity index (χ1n) is 16.1. The van der Waals surface area contributed by atoms with Crippen LogP contribution in [0.15, 0.2) is 61.6 Å². The van der Waals surface area contributed by atoms with Crippen LogP contribution in [0, 0.1) is 0 Å². The van der Waals surface area contributed by atoms with E-state index < -0.39 is 0 Å². The van der Waals surface area contributed by atoms with Crippen LogP contribution in [0.4, 0.5) is 11.6 Å². The zero-order chi connectivity index (χ0) is 32.7. The molecule has 1 N–H and O–H groups in total. The van der Waals surface area contributed by atoms with Crippen LogP contribution in [-0.4, -0.2) is 93.3 Å². The largest absolute Gasteiger partial charge is 0.487 e. The van der Waals surface area contributed by atoms with E-state index in [2.05, 4.69) is 45.7 Å². The van der Waals surface area contributed by atoms with E-state index in [0.717, 1.165) is 63.1 Å². The summed E-state index contributed by atoms with van der Waals surface area (Å²) in [5, 5.41) is 19.9. The molecule has 15 nitrogen and oxygen atoms in total. The van der Waals surface area contributed by atoms with Gasteiger partial charge in [-0.3, -0.25) is 9.58 Å². The number of benzene rings is 1. The number of nitrogens with one attached hydrogen (secondary N) is 1. The lowest BCUT2D eigenvalue weighted by Gasteiger charge is -2.38. The van der Waals surface area contributed by atoms with Crippen molar-refractivity contribution in [3.05, 3.63) is 72.4 Å². The SMILES string of the molecule is C[C@@H](Cn1cnnn1)Oc1cc(-c2cnc(Nc3cn([C@H]4CC[C@H](N5CCOCC5)CC4)nc3OCc3ncccn3)nc2)ccc1Cl. The summed E-state index contributed by atoms with van der Waals surface area (Å²) in [6.45, 7) is 6.26. The predicted molar refractivity (Wildman–Crippen MR) is 176 cm³/mol. The fraction of sp³-hybridized carbons (Fsp3) is 0.438. The van der Waals surface area contributed by atoms with Crippen LogP contribution in [0.5, 0.6) is 11.6 Å². The van der Waals surface area contributed by atoms with Gasteiger partial charge in [-0.1, -0.05) is 17.7 Å². The van der Waals surface area contributed by atoms with Gasteiger partial charge in [0.15, 0.2) is 5.82 Å². The molecule has 1 atom stereocenters. The van der Waals surface area contributed by atoms with E-state index in [1.807, 2.05) is 29.9 Å². The minimum absolute atomic E-state index is 0.186. The molecule has 0 bridgehead atoms. The molecular weight excluding hydrogens is 636 g/mol. The Morgan fingerprint density at radius 1 is 1.00 bits per heavy atom. The smallest absolute Gasteiger partial charge is 0.257 e.